The molecule has 0 aliphatic rings. The quantitative estimate of drug-likeness (QED) is 0.360. The number of aromatic nitrogens is 1. The van der Waals surface area contributed by atoms with Gasteiger partial charge in [-0.05, 0) is 24.1 Å². The SMILES string of the molecule is COC(=O)c1cc([N+](=O)[O-])c(NCCc2ccc(Cl)nc2)cc1Cl. The van der Waals surface area contributed by atoms with Crippen molar-refractivity contribution in [3.8, 4) is 0 Å². The summed E-state index contributed by atoms with van der Waals surface area (Å²) in [6.45, 7) is 0.415. The highest BCUT2D eigenvalue weighted by molar-refractivity contribution is 6.34. The molecule has 0 amide bonds. The van der Waals surface area contributed by atoms with Crippen molar-refractivity contribution in [3.63, 3.8) is 0 Å². The van der Waals surface area contributed by atoms with Crippen LogP contribution in [0.2, 0.25) is 10.2 Å². The van der Waals surface area contributed by atoms with Gasteiger partial charge < -0.3 is 10.1 Å². The number of pyridine rings is 1. The number of benzene rings is 1. The Hall–Kier alpha value is -2.38. The summed E-state index contributed by atoms with van der Waals surface area (Å²) < 4.78 is 4.56. The van der Waals surface area contributed by atoms with Gasteiger partial charge in [-0.15, -0.1) is 0 Å². The number of anilines is 1. The highest BCUT2D eigenvalue weighted by Gasteiger charge is 2.21. The van der Waals surface area contributed by atoms with Gasteiger partial charge in [0.2, 0.25) is 0 Å². The van der Waals surface area contributed by atoms with E-state index >= 15 is 0 Å². The molecule has 1 aromatic heterocycles. The maximum absolute atomic E-state index is 11.6. The molecule has 0 atom stereocenters. The molecule has 0 saturated carbocycles. The zero-order chi connectivity index (χ0) is 17.7. The number of rotatable bonds is 6. The highest BCUT2D eigenvalue weighted by atomic mass is 35.5. The Labute approximate surface area is 147 Å². The van der Waals surface area contributed by atoms with E-state index in [2.05, 4.69) is 15.0 Å². The number of carbonyl (C=O) groups is 1. The predicted octanol–water partition coefficient (Wildman–Crippen LogP) is 3.74. The molecule has 126 valence electrons. The molecule has 2 rings (SSSR count). The van der Waals surface area contributed by atoms with Gasteiger partial charge in [0.1, 0.15) is 10.8 Å². The number of nitrogens with zero attached hydrogens (tertiary/aromatic N) is 2. The summed E-state index contributed by atoms with van der Waals surface area (Å²) in [7, 11) is 1.18. The molecule has 1 heterocycles. The van der Waals surface area contributed by atoms with Gasteiger partial charge in [-0.2, -0.15) is 0 Å². The Morgan fingerprint density at radius 2 is 2.12 bits per heavy atom. The fraction of sp³-hybridized carbons (Fsp3) is 0.200. The summed E-state index contributed by atoms with van der Waals surface area (Å²) in [5, 5.41) is 14.6. The molecule has 0 spiro atoms. The van der Waals surface area contributed by atoms with Crippen molar-refractivity contribution in [2.75, 3.05) is 19.0 Å². The van der Waals surface area contributed by atoms with Gasteiger partial charge in [0.05, 0.1) is 22.6 Å². The average Bonchev–Trinajstić information content (AvgIpc) is 2.56. The first-order chi connectivity index (χ1) is 11.4. The molecule has 0 fully saturated rings. The lowest BCUT2D eigenvalue weighted by Gasteiger charge is -2.10. The van der Waals surface area contributed by atoms with E-state index in [-0.39, 0.29) is 22.0 Å². The van der Waals surface area contributed by atoms with Gasteiger partial charge in [0.15, 0.2) is 0 Å². The Morgan fingerprint density at radius 3 is 2.71 bits per heavy atom. The van der Waals surface area contributed by atoms with E-state index in [0.29, 0.717) is 18.1 Å². The Morgan fingerprint density at radius 1 is 1.38 bits per heavy atom. The van der Waals surface area contributed by atoms with Crippen LogP contribution < -0.4 is 5.32 Å². The van der Waals surface area contributed by atoms with Crippen molar-refractivity contribution in [1.29, 1.82) is 0 Å². The Bertz CT molecular complexity index is 766. The third-order valence-corrected chi connectivity index (χ3v) is 3.74. The van der Waals surface area contributed by atoms with Crippen LogP contribution in [0.4, 0.5) is 11.4 Å². The Kier molecular flexibility index (Phi) is 5.94. The van der Waals surface area contributed by atoms with E-state index in [9.17, 15) is 14.9 Å². The van der Waals surface area contributed by atoms with Gasteiger partial charge in [0, 0.05) is 18.8 Å². The molecule has 0 aliphatic heterocycles. The summed E-state index contributed by atoms with van der Waals surface area (Å²) in [5.41, 5.74) is 0.832. The second-order valence-electron chi connectivity index (χ2n) is 4.76. The van der Waals surface area contributed by atoms with Crippen LogP contribution in [0.3, 0.4) is 0 Å². The van der Waals surface area contributed by atoms with Crippen LogP contribution in [0, 0.1) is 10.1 Å². The fourth-order valence-corrected chi connectivity index (χ4v) is 2.37. The largest absolute Gasteiger partial charge is 0.465 e. The van der Waals surface area contributed by atoms with Gasteiger partial charge in [-0.3, -0.25) is 10.1 Å². The van der Waals surface area contributed by atoms with E-state index in [1.165, 1.54) is 13.2 Å². The monoisotopic (exact) mass is 369 g/mol. The van der Waals surface area contributed by atoms with Gasteiger partial charge in [-0.1, -0.05) is 29.3 Å². The number of esters is 1. The minimum absolute atomic E-state index is 0.0571. The summed E-state index contributed by atoms with van der Waals surface area (Å²) in [5.74, 6) is -0.734. The summed E-state index contributed by atoms with van der Waals surface area (Å²) in [6.07, 6.45) is 2.21. The van der Waals surface area contributed by atoms with Crippen LogP contribution in [-0.2, 0) is 11.2 Å². The van der Waals surface area contributed by atoms with Crippen molar-refractivity contribution in [3.05, 3.63) is 61.9 Å². The van der Waals surface area contributed by atoms with Crippen LogP contribution in [0.15, 0.2) is 30.5 Å². The van der Waals surface area contributed by atoms with Gasteiger partial charge >= 0.3 is 5.97 Å². The molecule has 1 aromatic carbocycles. The smallest absolute Gasteiger partial charge is 0.339 e. The van der Waals surface area contributed by atoms with Crippen LogP contribution in [-0.4, -0.2) is 29.5 Å². The van der Waals surface area contributed by atoms with E-state index < -0.39 is 10.9 Å². The number of hydrogen-bond acceptors (Lipinski definition) is 6. The first-order valence-corrected chi connectivity index (χ1v) is 7.58. The molecule has 0 bridgehead atoms. The van der Waals surface area contributed by atoms with E-state index in [1.807, 2.05) is 6.07 Å². The van der Waals surface area contributed by atoms with Crippen molar-refractivity contribution in [2.24, 2.45) is 0 Å². The lowest BCUT2D eigenvalue weighted by atomic mass is 10.1. The normalized spacial score (nSPS) is 10.3. The maximum atomic E-state index is 11.6. The number of methoxy groups -OCH3 is 1. The van der Waals surface area contributed by atoms with Crippen molar-refractivity contribution >= 4 is 40.5 Å². The van der Waals surface area contributed by atoms with Crippen molar-refractivity contribution < 1.29 is 14.5 Å². The molecule has 0 unspecified atom stereocenters. The van der Waals surface area contributed by atoms with Crippen LogP contribution in [0.5, 0.6) is 0 Å². The molecule has 0 radical (unpaired) electrons. The van der Waals surface area contributed by atoms with Gasteiger partial charge in [0.25, 0.3) is 5.69 Å². The number of nitro groups is 1. The first-order valence-electron chi connectivity index (χ1n) is 6.83. The lowest BCUT2D eigenvalue weighted by Crippen LogP contribution is -2.09. The van der Waals surface area contributed by atoms with E-state index in [0.717, 1.165) is 11.6 Å². The fourth-order valence-electron chi connectivity index (χ4n) is 2.02. The number of carbonyl (C=O) groups excluding carboxylic acids is 1. The van der Waals surface area contributed by atoms with Crippen LogP contribution >= 0.6 is 23.2 Å². The minimum atomic E-state index is -0.734. The molecular weight excluding hydrogens is 357 g/mol. The second-order valence-corrected chi connectivity index (χ2v) is 5.56. The summed E-state index contributed by atoms with van der Waals surface area (Å²) in [6, 6.07) is 5.92. The number of ether oxygens (including phenoxy) is 1. The van der Waals surface area contributed by atoms with Gasteiger partial charge in [-0.25, -0.2) is 9.78 Å². The predicted molar refractivity (Wildman–Crippen MR) is 90.9 cm³/mol. The molecule has 1 N–H and O–H groups in total. The van der Waals surface area contributed by atoms with Crippen LogP contribution in [0.1, 0.15) is 15.9 Å². The van der Waals surface area contributed by atoms with E-state index in [1.54, 1.807) is 12.3 Å². The first kappa shape index (κ1) is 18.0. The maximum Gasteiger partial charge on any atom is 0.339 e. The Balaban J connectivity index is 2.16. The number of nitrogens with one attached hydrogen (secondary N) is 1. The standard InChI is InChI=1S/C15H13Cl2N3O4/c1-24-15(21)10-6-13(20(22)23)12(7-11(10)16)18-5-4-9-2-3-14(17)19-8-9/h2-3,6-8,18H,4-5H2,1H3. The third kappa shape index (κ3) is 4.33. The van der Waals surface area contributed by atoms with E-state index in [4.69, 9.17) is 23.2 Å². The molecule has 9 heteroatoms. The highest BCUT2D eigenvalue weighted by Crippen LogP contribution is 2.31. The topological polar surface area (TPSA) is 94.4 Å². The minimum Gasteiger partial charge on any atom is -0.465 e. The van der Waals surface area contributed by atoms with Crippen molar-refractivity contribution in [2.45, 2.75) is 6.42 Å². The zero-order valence-corrected chi connectivity index (χ0v) is 14.1. The number of halogens is 2. The number of hydrogen-bond donors (Lipinski definition) is 1. The zero-order valence-electron chi connectivity index (χ0n) is 12.6. The average molecular weight is 370 g/mol. The molecule has 0 saturated heterocycles. The molecular formula is C15H13Cl2N3O4. The second kappa shape index (κ2) is 7.94. The molecule has 7 nitrogen and oxygen atoms in total. The summed E-state index contributed by atoms with van der Waals surface area (Å²) in [4.78, 5) is 26.2. The molecule has 2 aromatic rings. The van der Waals surface area contributed by atoms with Crippen molar-refractivity contribution in [1.82, 2.24) is 4.98 Å². The van der Waals surface area contributed by atoms with Crippen LogP contribution in [0.25, 0.3) is 0 Å². The molecule has 24 heavy (non-hydrogen) atoms. The molecule has 0 aliphatic carbocycles. The lowest BCUT2D eigenvalue weighted by molar-refractivity contribution is -0.384. The third-order valence-electron chi connectivity index (χ3n) is 3.21. The summed E-state index contributed by atoms with van der Waals surface area (Å²) >= 11 is 11.7. The number of nitro benzene ring substituents is 1.